The molecule has 6 bridgehead atoms. The topological polar surface area (TPSA) is 88.2 Å². The Bertz CT molecular complexity index is 845. The summed E-state index contributed by atoms with van der Waals surface area (Å²) in [6.45, 7) is 0. The largest absolute Gasteiger partial charge is 0.399 e. The van der Waals surface area contributed by atoms with E-state index in [4.69, 9.17) is 5.73 Å². The van der Waals surface area contributed by atoms with E-state index >= 15 is 0 Å². The van der Waals surface area contributed by atoms with Gasteiger partial charge in [0.05, 0.1) is 6.20 Å². The monoisotopic (exact) mass is 324 g/mol. The van der Waals surface area contributed by atoms with Crippen molar-refractivity contribution in [2.75, 3.05) is 16.4 Å². The number of hydrogen-bond acceptors (Lipinski definition) is 6. The first-order chi connectivity index (χ1) is 11.7. The summed E-state index contributed by atoms with van der Waals surface area (Å²) < 4.78 is 14.0. The number of anilines is 4. The third-order valence-electron chi connectivity index (χ3n) is 4.22. The fourth-order valence-corrected chi connectivity index (χ4v) is 2.94. The lowest BCUT2D eigenvalue weighted by molar-refractivity contribution is 0.617. The van der Waals surface area contributed by atoms with E-state index in [1.54, 1.807) is 6.20 Å². The number of nitrogen functional groups attached to an aromatic ring is 1. The van der Waals surface area contributed by atoms with Crippen LogP contribution in [0.25, 0.3) is 0 Å². The Morgan fingerprint density at radius 3 is 3.08 bits per heavy atom. The fraction of sp³-hybridized carbons (Fsp3) is 0.235. The van der Waals surface area contributed by atoms with Crippen LogP contribution in [0, 0.1) is 11.7 Å². The molecule has 1 aromatic carbocycles. The maximum absolute atomic E-state index is 14.0. The third kappa shape index (κ3) is 2.92. The minimum Gasteiger partial charge on any atom is -0.399 e. The van der Waals surface area contributed by atoms with Crippen LogP contribution in [-0.4, -0.2) is 16.2 Å². The van der Waals surface area contributed by atoms with Crippen LogP contribution in [0.15, 0.2) is 41.3 Å². The number of halogens is 1. The molecule has 0 fully saturated rings. The van der Waals surface area contributed by atoms with E-state index in [1.165, 1.54) is 0 Å². The van der Waals surface area contributed by atoms with Crippen LogP contribution in [0.4, 0.5) is 27.5 Å². The number of allylic oxidation sites excluding steroid dienone is 1. The maximum Gasteiger partial charge on any atom is 0.229 e. The van der Waals surface area contributed by atoms with Gasteiger partial charge in [-0.1, -0.05) is 0 Å². The fourth-order valence-electron chi connectivity index (χ4n) is 2.94. The molecule has 24 heavy (non-hydrogen) atoms. The standard InChI is InChI=1S/C17H17FN6/c18-14-9-21-17-23-13-5-10(7-20-8-13)1-2-11-6-12(3-4-15(11)19)22-16(14)24-17/h3-4,6-10H,1-2,5,19H2,(H2,21,22,23,24). The minimum atomic E-state index is -0.512. The average molecular weight is 324 g/mol. The second-order valence-electron chi connectivity index (χ2n) is 6.01. The van der Waals surface area contributed by atoms with Gasteiger partial charge in [0.2, 0.25) is 5.95 Å². The van der Waals surface area contributed by atoms with Crippen LogP contribution in [0.5, 0.6) is 0 Å². The normalized spacial score (nSPS) is 19.0. The van der Waals surface area contributed by atoms with Crippen molar-refractivity contribution in [2.24, 2.45) is 10.9 Å². The highest BCUT2D eigenvalue weighted by atomic mass is 19.1. The second kappa shape index (κ2) is 5.92. The van der Waals surface area contributed by atoms with E-state index in [1.807, 2.05) is 24.4 Å². The van der Waals surface area contributed by atoms with Crippen LogP contribution in [0.3, 0.4) is 0 Å². The van der Waals surface area contributed by atoms with Crippen LogP contribution >= 0.6 is 0 Å². The molecule has 0 saturated heterocycles. The molecule has 2 aromatic rings. The van der Waals surface area contributed by atoms with Gasteiger partial charge in [-0.25, -0.2) is 9.37 Å². The predicted octanol–water partition coefficient (Wildman–Crippen LogP) is 3.23. The molecule has 2 aliphatic rings. The van der Waals surface area contributed by atoms with Crippen molar-refractivity contribution in [1.29, 1.82) is 0 Å². The molecule has 4 N–H and O–H groups in total. The van der Waals surface area contributed by atoms with Gasteiger partial charge in [0.25, 0.3) is 0 Å². The van der Waals surface area contributed by atoms with Crippen LogP contribution < -0.4 is 16.4 Å². The van der Waals surface area contributed by atoms with Gasteiger partial charge < -0.3 is 16.4 Å². The zero-order chi connectivity index (χ0) is 16.5. The molecule has 1 atom stereocenters. The quantitative estimate of drug-likeness (QED) is 0.648. The Labute approximate surface area is 138 Å². The molecule has 2 aliphatic heterocycles. The number of aryl methyl sites for hydroxylation is 1. The summed E-state index contributed by atoms with van der Waals surface area (Å²) in [6, 6.07) is 5.59. The number of aromatic nitrogens is 2. The third-order valence-corrected chi connectivity index (χ3v) is 4.22. The van der Waals surface area contributed by atoms with Gasteiger partial charge in [-0.2, -0.15) is 4.98 Å². The number of nitrogens with zero attached hydrogens (tertiary/aromatic N) is 3. The number of fused-ring (bicyclic) bond motifs is 6. The van der Waals surface area contributed by atoms with Crippen LogP contribution in [0.2, 0.25) is 0 Å². The molecule has 3 heterocycles. The molecule has 4 rings (SSSR count). The van der Waals surface area contributed by atoms with E-state index in [2.05, 4.69) is 25.6 Å². The number of nitrogens with one attached hydrogen (secondary N) is 2. The summed E-state index contributed by atoms with van der Waals surface area (Å²) in [5.41, 5.74) is 9.52. The first-order valence-corrected chi connectivity index (χ1v) is 7.85. The molecule has 122 valence electrons. The highest BCUT2D eigenvalue weighted by Gasteiger charge is 2.17. The van der Waals surface area contributed by atoms with E-state index in [-0.39, 0.29) is 5.82 Å². The number of rotatable bonds is 0. The Morgan fingerprint density at radius 2 is 2.17 bits per heavy atom. The van der Waals surface area contributed by atoms with Crippen molar-refractivity contribution in [2.45, 2.75) is 19.3 Å². The summed E-state index contributed by atoms with van der Waals surface area (Å²) in [7, 11) is 0. The second-order valence-corrected chi connectivity index (χ2v) is 6.01. The van der Waals surface area contributed by atoms with Crippen molar-refractivity contribution < 1.29 is 4.39 Å². The van der Waals surface area contributed by atoms with Crippen molar-refractivity contribution in [1.82, 2.24) is 9.97 Å². The van der Waals surface area contributed by atoms with Crippen molar-refractivity contribution in [3.63, 3.8) is 0 Å². The van der Waals surface area contributed by atoms with Crippen LogP contribution in [0.1, 0.15) is 18.4 Å². The molecule has 7 heteroatoms. The molecule has 1 unspecified atom stereocenters. The van der Waals surface area contributed by atoms with E-state index in [0.29, 0.717) is 11.9 Å². The van der Waals surface area contributed by atoms with Gasteiger partial charge >= 0.3 is 0 Å². The summed E-state index contributed by atoms with van der Waals surface area (Å²) >= 11 is 0. The summed E-state index contributed by atoms with van der Waals surface area (Å²) in [5.74, 6) is 0.270. The Morgan fingerprint density at radius 1 is 1.25 bits per heavy atom. The zero-order valence-electron chi connectivity index (χ0n) is 13.0. The Balaban J connectivity index is 1.78. The lowest BCUT2D eigenvalue weighted by Gasteiger charge is -2.18. The minimum absolute atomic E-state index is 0.124. The van der Waals surface area contributed by atoms with Crippen molar-refractivity contribution in [3.8, 4) is 0 Å². The molecule has 6 nitrogen and oxygen atoms in total. The van der Waals surface area contributed by atoms with Gasteiger partial charge in [-0.15, -0.1) is 0 Å². The summed E-state index contributed by atoms with van der Waals surface area (Å²) in [6.07, 6.45) is 7.44. The molecular formula is C17H17FN6. The number of aliphatic imine (C=N–C) groups is 1. The molecule has 0 spiro atoms. The van der Waals surface area contributed by atoms with Gasteiger partial charge in [-0.05, 0) is 43.0 Å². The van der Waals surface area contributed by atoms with E-state index in [9.17, 15) is 4.39 Å². The smallest absolute Gasteiger partial charge is 0.229 e. The van der Waals surface area contributed by atoms with Gasteiger partial charge in [0.15, 0.2) is 11.6 Å². The van der Waals surface area contributed by atoms with Gasteiger partial charge in [-0.3, -0.25) is 4.99 Å². The number of hydrogen-bond donors (Lipinski definition) is 3. The van der Waals surface area contributed by atoms with Crippen LogP contribution in [-0.2, 0) is 6.42 Å². The van der Waals surface area contributed by atoms with Gasteiger partial charge in [0, 0.05) is 35.4 Å². The van der Waals surface area contributed by atoms with Crippen molar-refractivity contribution >= 4 is 29.4 Å². The van der Waals surface area contributed by atoms with Crippen molar-refractivity contribution in [3.05, 3.63) is 47.7 Å². The molecule has 1 aromatic heterocycles. The molecule has 0 amide bonds. The first-order valence-electron chi connectivity index (χ1n) is 7.85. The maximum atomic E-state index is 14.0. The molecule has 0 saturated carbocycles. The molecule has 0 radical (unpaired) electrons. The lowest BCUT2D eigenvalue weighted by atomic mass is 9.94. The Hall–Kier alpha value is -2.96. The number of benzene rings is 1. The average Bonchev–Trinajstić information content (AvgIpc) is 2.58. The Kier molecular flexibility index (Phi) is 3.60. The SMILES string of the molecule is Nc1ccc2cc1CCC1C=NC=C(C1)Nc1ncc(F)c(n1)N2. The molecule has 0 aliphatic carbocycles. The lowest BCUT2D eigenvalue weighted by Crippen LogP contribution is -2.14. The molecular weight excluding hydrogens is 307 g/mol. The van der Waals surface area contributed by atoms with E-state index < -0.39 is 5.82 Å². The number of nitrogens with two attached hydrogens (primary N) is 1. The summed E-state index contributed by atoms with van der Waals surface area (Å²) in [5, 5.41) is 6.13. The highest BCUT2D eigenvalue weighted by molar-refractivity contribution is 5.66. The van der Waals surface area contributed by atoms with E-state index in [0.717, 1.165) is 48.1 Å². The first kappa shape index (κ1) is 14.6. The zero-order valence-corrected chi connectivity index (χ0v) is 13.0. The summed E-state index contributed by atoms with van der Waals surface area (Å²) in [4.78, 5) is 12.5. The van der Waals surface area contributed by atoms with Gasteiger partial charge in [0.1, 0.15) is 0 Å². The highest BCUT2D eigenvalue weighted by Crippen LogP contribution is 2.27. The predicted molar refractivity (Wildman–Crippen MR) is 92.8 cm³/mol.